The van der Waals surface area contributed by atoms with Crippen LogP contribution in [0.3, 0.4) is 0 Å². The monoisotopic (exact) mass is 508 g/mol. The molecule has 0 bridgehead atoms. The summed E-state index contributed by atoms with van der Waals surface area (Å²) in [5.74, 6) is 0.00423. The van der Waals surface area contributed by atoms with Gasteiger partial charge < -0.3 is 15.1 Å². The number of aromatic nitrogens is 2. The standard InChI is InChI=1S/C25H21ClN4O4S/c1-2-11-30-24(33)18-10-9-16(23(32)27-14-17-6-5-12-34-17)13-21(18)29-25(30)35-15-22(31)28-20-8-4-3-7-19(20)26/h2-10,12-13H,1,11,14-15H2,(H,27,32)(H,28,31). The van der Waals surface area contributed by atoms with Gasteiger partial charge in [-0.15, -0.1) is 6.58 Å². The molecule has 2 amide bonds. The Morgan fingerprint density at radius 2 is 2.00 bits per heavy atom. The highest BCUT2D eigenvalue weighted by Gasteiger charge is 2.15. The zero-order valence-electron chi connectivity index (χ0n) is 18.5. The van der Waals surface area contributed by atoms with Crippen LogP contribution in [0.25, 0.3) is 10.9 Å². The number of thioether (sulfide) groups is 1. The number of hydrogen-bond donors (Lipinski definition) is 2. The van der Waals surface area contributed by atoms with Crippen LogP contribution in [0.5, 0.6) is 0 Å². The maximum absolute atomic E-state index is 13.1. The van der Waals surface area contributed by atoms with Crippen LogP contribution in [0.15, 0.2) is 87.9 Å². The summed E-state index contributed by atoms with van der Waals surface area (Å²) in [6.07, 6.45) is 3.11. The van der Waals surface area contributed by atoms with Crippen molar-refractivity contribution in [2.75, 3.05) is 11.1 Å². The van der Waals surface area contributed by atoms with Crippen molar-refractivity contribution < 1.29 is 14.0 Å². The zero-order chi connectivity index (χ0) is 24.8. The van der Waals surface area contributed by atoms with E-state index in [-0.39, 0.29) is 36.2 Å². The van der Waals surface area contributed by atoms with Gasteiger partial charge in [-0.3, -0.25) is 19.0 Å². The molecule has 0 unspecified atom stereocenters. The van der Waals surface area contributed by atoms with E-state index in [2.05, 4.69) is 22.2 Å². The summed E-state index contributed by atoms with van der Waals surface area (Å²) in [6.45, 7) is 4.17. The number of para-hydroxylation sites is 1. The van der Waals surface area contributed by atoms with Crippen LogP contribution in [-0.4, -0.2) is 27.1 Å². The Balaban J connectivity index is 1.56. The van der Waals surface area contributed by atoms with E-state index in [1.54, 1.807) is 60.7 Å². The van der Waals surface area contributed by atoms with Crippen LogP contribution in [0, 0.1) is 0 Å². The Labute approximate surface area is 210 Å². The molecule has 2 heterocycles. The highest BCUT2D eigenvalue weighted by Crippen LogP contribution is 2.22. The number of nitrogens with one attached hydrogen (secondary N) is 2. The number of carbonyl (C=O) groups is 2. The van der Waals surface area contributed by atoms with Crippen LogP contribution >= 0.6 is 23.4 Å². The van der Waals surface area contributed by atoms with E-state index in [1.807, 2.05) is 0 Å². The van der Waals surface area contributed by atoms with Gasteiger partial charge in [0, 0.05) is 12.1 Å². The van der Waals surface area contributed by atoms with Crippen molar-refractivity contribution in [1.29, 1.82) is 0 Å². The number of furan rings is 1. The smallest absolute Gasteiger partial charge is 0.262 e. The Hall–Kier alpha value is -3.82. The maximum Gasteiger partial charge on any atom is 0.262 e. The second-order valence-electron chi connectivity index (χ2n) is 7.41. The minimum absolute atomic E-state index is 0.00361. The zero-order valence-corrected chi connectivity index (χ0v) is 20.1. The van der Waals surface area contributed by atoms with E-state index in [0.717, 1.165) is 11.8 Å². The molecule has 0 fully saturated rings. The topological polar surface area (TPSA) is 106 Å². The number of anilines is 1. The highest BCUT2D eigenvalue weighted by atomic mass is 35.5. The first-order chi connectivity index (χ1) is 17.0. The molecule has 2 aromatic carbocycles. The summed E-state index contributed by atoms with van der Waals surface area (Å²) in [4.78, 5) is 42.8. The predicted octanol–water partition coefficient (Wildman–Crippen LogP) is 4.49. The van der Waals surface area contributed by atoms with Gasteiger partial charge in [-0.2, -0.15) is 0 Å². The van der Waals surface area contributed by atoms with E-state index in [9.17, 15) is 14.4 Å². The molecular formula is C25H21ClN4O4S. The number of carbonyl (C=O) groups excluding carboxylic acids is 2. The van der Waals surface area contributed by atoms with Gasteiger partial charge in [-0.1, -0.05) is 41.6 Å². The summed E-state index contributed by atoms with van der Waals surface area (Å²) < 4.78 is 6.67. The second kappa shape index (κ2) is 11.1. The molecule has 4 rings (SSSR count). The van der Waals surface area contributed by atoms with Crippen molar-refractivity contribution >= 4 is 51.8 Å². The first kappa shape index (κ1) is 24.3. The predicted molar refractivity (Wildman–Crippen MR) is 137 cm³/mol. The molecule has 0 aliphatic rings. The molecule has 0 aliphatic carbocycles. The number of fused-ring (bicyclic) bond motifs is 1. The van der Waals surface area contributed by atoms with E-state index < -0.39 is 0 Å². The van der Waals surface area contributed by atoms with Crippen molar-refractivity contribution in [3.63, 3.8) is 0 Å². The Morgan fingerprint density at radius 3 is 2.74 bits per heavy atom. The number of nitrogens with zero attached hydrogens (tertiary/aromatic N) is 2. The van der Waals surface area contributed by atoms with Gasteiger partial charge in [-0.25, -0.2) is 4.98 Å². The van der Waals surface area contributed by atoms with E-state index in [1.165, 1.54) is 10.8 Å². The van der Waals surface area contributed by atoms with E-state index in [4.69, 9.17) is 16.0 Å². The van der Waals surface area contributed by atoms with Gasteiger partial charge in [-0.05, 0) is 42.5 Å². The fraction of sp³-hybridized carbons (Fsp3) is 0.120. The van der Waals surface area contributed by atoms with Crippen LogP contribution in [0.1, 0.15) is 16.1 Å². The third-order valence-electron chi connectivity index (χ3n) is 4.98. The molecular weight excluding hydrogens is 488 g/mol. The largest absolute Gasteiger partial charge is 0.467 e. The summed E-state index contributed by atoms with van der Waals surface area (Å²) in [5, 5.41) is 6.64. The Kier molecular flexibility index (Phi) is 7.69. The van der Waals surface area contributed by atoms with Gasteiger partial charge in [0.1, 0.15) is 5.76 Å². The molecule has 8 nitrogen and oxygen atoms in total. The van der Waals surface area contributed by atoms with Gasteiger partial charge in [0.05, 0.1) is 40.2 Å². The molecule has 4 aromatic rings. The van der Waals surface area contributed by atoms with Crippen molar-refractivity contribution in [1.82, 2.24) is 14.9 Å². The molecule has 0 aliphatic heterocycles. The Morgan fingerprint density at radius 1 is 1.17 bits per heavy atom. The average Bonchev–Trinajstić information content (AvgIpc) is 3.38. The van der Waals surface area contributed by atoms with Crippen LogP contribution < -0.4 is 16.2 Å². The maximum atomic E-state index is 13.1. The molecule has 35 heavy (non-hydrogen) atoms. The summed E-state index contributed by atoms with van der Waals surface area (Å²) in [5.41, 5.74) is 0.922. The number of rotatable bonds is 9. The van der Waals surface area contributed by atoms with Crippen molar-refractivity contribution in [3.05, 3.63) is 100 Å². The lowest BCUT2D eigenvalue weighted by Gasteiger charge is -2.12. The first-order valence-corrected chi connectivity index (χ1v) is 12.0. The summed E-state index contributed by atoms with van der Waals surface area (Å²) in [7, 11) is 0. The number of halogens is 1. The fourth-order valence-electron chi connectivity index (χ4n) is 3.30. The van der Waals surface area contributed by atoms with Crippen molar-refractivity contribution in [3.8, 4) is 0 Å². The lowest BCUT2D eigenvalue weighted by atomic mass is 10.1. The molecule has 0 saturated carbocycles. The lowest BCUT2D eigenvalue weighted by Crippen LogP contribution is -2.25. The number of hydrogen-bond acceptors (Lipinski definition) is 6. The second-order valence-corrected chi connectivity index (χ2v) is 8.76. The van der Waals surface area contributed by atoms with Gasteiger partial charge in [0.15, 0.2) is 5.16 Å². The van der Waals surface area contributed by atoms with Crippen LogP contribution in [0.4, 0.5) is 5.69 Å². The SMILES string of the molecule is C=CCn1c(SCC(=O)Nc2ccccc2Cl)nc2cc(C(=O)NCc3ccco3)ccc2c1=O. The fourth-order valence-corrected chi connectivity index (χ4v) is 4.30. The van der Waals surface area contributed by atoms with Crippen molar-refractivity contribution in [2.45, 2.75) is 18.2 Å². The van der Waals surface area contributed by atoms with E-state index >= 15 is 0 Å². The van der Waals surface area contributed by atoms with Crippen LogP contribution in [-0.2, 0) is 17.9 Å². The van der Waals surface area contributed by atoms with E-state index in [0.29, 0.717) is 38.1 Å². The molecule has 178 valence electrons. The molecule has 10 heteroatoms. The minimum atomic E-state index is -0.325. The minimum Gasteiger partial charge on any atom is -0.467 e. The van der Waals surface area contributed by atoms with Gasteiger partial charge >= 0.3 is 0 Å². The highest BCUT2D eigenvalue weighted by molar-refractivity contribution is 7.99. The number of benzene rings is 2. The quantitative estimate of drug-likeness (QED) is 0.196. The molecule has 0 spiro atoms. The average molecular weight is 509 g/mol. The summed E-state index contributed by atoms with van der Waals surface area (Å²) in [6, 6.07) is 15.1. The molecule has 2 aromatic heterocycles. The number of allylic oxidation sites excluding steroid dienone is 1. The van der Waals surface area contributed by atoms with Gasteiger partial charge in [0.25, 0.3) is 11.5 Å². The van der Waals surface area contributed by atoms with Crippen molar-refractivity contribution in [2.24, 2.45) is 0 Å². The molecule has 0 radical (unpaired) electrons. The van der Waals surface area contributed by atoms with Gasteiger partial charge in [0.2, 0.25) is 5.91 Å². The Bertz CT molecular complexity index is 1450. The number of amides is 2. The third kappa shape index (κ3) is 5.82. The summed E-state index contributed by atoms with van der Waals surface area (Å²) >= 11 is 7.21. The first-order valence-electron chi connectivity index (χ1n) is 10.6. The molecule has 2 N–H and O–H groups in total. The third-order valence-corrected chi connectivity index (χ3v) is 6.28. The lowest BCUT2D eigenvalue weighted by molar-refractivity contribution is -0.113. The van der Waals surface area contributed by atoms with Crippen LogP contribution in [0.2, 0.25) is 5.02 Å². The normalized spacial score (nSPS) is 10.8. The molecule has 0 atom stereocenters. The molecule has 0 saturated heterocycles.